The Kier molecular flexibility index (Phi) is 4.09. The maximum absolute atomic E-state index is 13.2. The van der Waals surface area contributed by atoms with Crippen LogP contribution in [-0.4, -0.2) is 37.3 Å². The molecule has 1 N–H and O–H groups in total. The second-order valence-electron chi connectivity index (χ2n) is 6.96. The summed E-state index contributed by atoms with van der Waals surface area (Å²) in [6.07, 6.45) is 5.29. The normalized spacial score (nSPS) is 16.6. The largest absolute Gasteiger partial charge is 0.345 e. The standard InChI is InChI=1S/C22H19N5O/c28-22(16-8-9-17-19(13-16)25-14-24-17)27-12-4-7-20(27)18-10-11-23-21(26-18)15-5-2-1-3-6-15/h1-3,5-6,8-11,13-14,20H,4,7,12H2,(H,24,25)/t20-/m0/s1. The van der Waals surface area contributed by atoms with Crippen LogP contribution in [0.2, 0.25) is 0 Å². The maximum atomic E-state index is 13.2. The number of aromatic nitrogens is 4. The van der Waals surface area contributed by atoms with Crippen molar-refractivity contribution in [2.75, 3.05) is 6.54 Å². The molecule has 1 amide bonds. The van der Waals surface area contributed by atoms with Crippen LogP contribution in [0.5, 0.6) is 0 Å². The Labute approximate surface area is 162 Å². The molecule has 0 radical (unpaired) electrons. The summed E-state index contributed by atoms with van der Waals surface area (Å²) in [5, 5.41) is 0. The fourth-order valence-corrected chi connectivity index (χ4v) is 3.84. The van der Waals surface area contributed by atoms with Crippen LogP contribution < -0.4 is 0 Å². The lowest BCUT2D eigenvalue weighted by Gasteiger charge is -2.24. The second-order valence-corrected chi connectivity index (χ2v) is 6.96. The van der Waals surface area contributed by atoms with Gasteiger partial charge in [0.25, 0.3) is 5.91 Å². The van der Waals surface area contributed by atoms with Crippen LogP contribution in [0.25, 0.3) is 22.4 Å². The summed E-state index contributed by atoms with van der Waals surface area (Å²) in [7, 11) is 0. The van der Waals surface area contributed by atoms with Gasteiger partial charge in [-0.3, -0.25) is 4.79 Å². The number of rotatable bonds is 3. The van der Waals surface area contributed by atoms with Crippen molar-refractivity contribution >= 4 is 16.9 Å². The number of likely N-dealkylation sites (tertiary alicyclic amines) is 1. The first-order valence-corrected chi connectivity index (χ1v) is 9.42. The van der Waals surface area contributed by atoms with Gasteiger partial charge in [0.1, 0.15) is 0 Å². The zero-order chi connectivity index (χ0) is 18.9. The van der Waals surface area contributed by atoms with Gasteiger partial charge in [0, 0.05) is 23.9 Å². The lowest BCUT2D eigenvalue weighted by Crippen LogP contribution is -2.31. The number of benzene rings is 2. The van der Waals surface area contributed by atoms with E-state index in [0.29, 0.717) is 11.4 Å². The Morgan fingerprint density at radius 1 is 1.07 bits per heavy atom. The molecule has 28 heavy (non-hydrogen) atoms. The Bertz CT molecular complexity index is 1140. The molecular formula is C22H19N5O. The molecule has 0 unspecified atom stereocenters. The van der Waals surface area contributed by atoms with Gasteiger partial charge in [-0.2, -0.15) is 0 Å². The number of aromatic amines is 1. The first-order valence-electron chi connectivity index (χ1n) is 9.42. The highest BCUT2D eigenvalue weighted by Gasteiger charge is 2.32. The van der Waals surface area contributed by atoms with Crippen molar-refractivity contribution in [1.29, 1.82) is 0 Å². The van der Waals surface area contributed by atoms with Gasteiger partial charge < -0.3 is 9.88 Å². The molecule has 0 spiro atoms. The van der Waals surface area contributed by atoms with Crippen molar-refractivity contribution in [3.8, 4) is 11.4 Å². The van der Waals surface area contributed by atoms with Crippen LogP contribution in [0.4, 0.5) is 0 Å². The molecule has 138 valence electrons. The Morgan fingerprint density at radius 3 is 2.86 bits per heavy atom. The summed E-state index contributed by atoms with van der Waals surface area (Å²) < 4.78 is 0. The Morgan fingerprint density at radius 2 is 1.96 bits per heavy atom. The van der Waals surface area contributed by atoms with Gasteiger partial charge in [0.15, 0.2) is 5.82 Å². The summed E-state index contributed by atoms with van der Waals surface area (Å²) in [4.78, 5) is 31.6. The number of hydrogen-bond acceptors (Lipinski definition) is 4. The monoisotopic (exact) mass is 369 g/mol. The number of imidazole rings is 1. The van der Waals surface area contributed by atoms with E-state index in [4.69, 9.17) is 4.98 Å². The van der Waals surface area contributed by atoms with E-state index in [1.165, 1.54) is 0 Å². The van der Waals surface area contributed by atoms with Gasteiger partial charge in [-0.1, -0.05) is 30.3 Å². The highest BCUT2D eigenvalue weighted by molar-refractivity contribution is 5.97. The Hall–Kier alpha value is -3.54. The van der Waals surface area contributed by atoms with Crippen molar-refractivity contribution in [2.24, 2.45) is 0 Å². The summed E-state index contributed by atoms with van der Waals surface area (Å²) in [6.45, 7) is 0.731. The maximum Gasteiger partial charge on any atom is 0.254 e. The summed E-state index contributed by atoms with van der Waals surface area (Å²) >= 11 is 0. The number of nitrogens with one attached hydrogen (secondary N) is 1. The van der Waals surface area contributed by atoms with Gasteiger partial charge in [0.2, 0.25) is 0 Å². The molecule has 3 heterocycles. The topological polar surface area (TPSA) is 74.8 Å². The minimum absolute atomic E-state index is 0.0267. The van der Waals surface area contributed by atoms with Crippen LogP contribution in [0, 0.1) is 0 Å². The van der Waals surface area contributed by atoms with Crippen molar-refractivity contribution in [1.82, 2.24) is 24.8 Å². The van der Waals surface area contributed by atoms with Crippen molar-refractivity contribution in [2.45, 2.75) is 18.9 Å². The molecule has 1 saturated heterocycles. The molecule has 6 heteroatoms. The van der Waals surface area contributed by atoms with E-state index in [1.807, 2.05) is 59.5 Å². The quantitative estimate of drug-likeness (QED) is 0.592. The van der Waals surface area contributed by atoms with Crippen LogP contribution in [0.1, 0.15) is 34.9 Å². The summed E-state index contributed by atoms with van der Waals surface area (Å²) in [5.41, 5.74) is 4.26. The Balaban J connectivity index is 1.46. The first-order chi connectivity index (χ1) is 13.8. The van der Waals surface area contributed by atoms with E-state index in [9.17, 15) is 4.79 Å². The first kappa shape index (κ1) is 16.6. The van der Waals surface area contributed by atoms with Crippen LogP contribution in [0.3, 0.4) is 0 Å². The summed E-state index contributed by atoms with van der Waals surface area (Å²) in [6, 6.07) is 17.4. The average Bonchev–Trinajstić information content (AvgIpc) is 3.43. The summed E-state index contributed by atoms with van der Waals surface area (Å²) in [5.74, 6) is 0.718. The van der Waals surface area contributed by atoms with Crippen LogP contribution >= 0.6 is 0 Å². The highest BCUT2D eigenvalue weighted by atomic mass is 16.2. The van der Waals surface area contributed by atoms with Gasteiger partial charge in [0.05, 0.1) is 29.1 Å². The number of carbonyl (C=O) groups excluding carboxylic acids is 1. The third-order valence-corrected chi connectivity index (χ3v) is 5.23. The second kappa shape index (κ2) is 6.88. The molecule has 1 aliphatic rings. The molecule has 6 nitrogen and oxygen atoms in total. The van der Waals surface area contributed by atoms with Crippen molar-refractivity contribution in [3.05, 3.63) is 78.4 Å². The molecule has 0 aliphatic carbocycles. The number of H-pyrrole nitrogens is 1. The number of amides is 1. The minimum atomic E-state index is -0.0320. The molecule has 2 aromatic heterocycles. The molecule has 2 aromatic carbocycles. The molecule has 1 atom stereocenters. The smallest absolute Gasteiger partial charge is 0.254 e. The number of carbonyl (C=O) groups is 1. The van der Waals surface area contributed by atoms with Crippen molar-refractivity contribution in [3.63, 3.8) is 0 Å². The van der Waals surface area contributed by atoms with Crippen LogP contribution in [0.15, 0.2) is 67.1 Å². The molecular weight excluding hydrogens is 350 g/mol. The van der Waals surface area contributed by atoms with Gasteiger partial charge in [-0.15, -0.1) is 0 Å². The predicted octanol–water partition coefficient (Wildman–Crippen LogP) is 4.00. The van der Waals surface area contributed by atoms with E-state index in [0.717, 1.165) is 41.7 Å². The van der Waals surface area contributed by atoms with E-state index in [2.05, 4.69) is 15.0 Å². The molecule has 5 rings (SSSR count). The van der Waals surface area contributed by atoms with Crippen LogP contribution in [-0.2, 0) is 0 Å². The molecule has 4 aromatic rings. The molecule has 0 saturated carbocycles. The minimum Gasteiger partial charge on any atom is -0.345 e. The third-order valence-electron chi connectivity index (χ3n) is 5.23. The zero-order valence-corrected chi connectivity index (χ0v) is 15.2. The van der Waals surface area contributed by atoms with Gasteiger partial charge in [-0.05, 0) is 37.1 Å². The fourth-order valence-electron chi connectivity index (χ4n) is 3.84. The number of hydrogen-bond donors (Lipinski definition) is 1. The van der Waals surface area contributed by atoms with Gasteiger partial charge in [-0.25, -0.2) is 15.0 Å². The average molecular weight is 369 g/mol. The van der Waals surface area contributed by atoms with E-state index >= 15 is 0 Å². The zero-order valence-electron chi connectivity index (χ0n) is 15.2. The highest BCUT2D eigenvalue weighted by Crippen LogP contribution is 2.33. The molecule has 0 bridgehead atoms. The lowest BCUT2D eigenvalue weighted by atomic mass is 10.1. The van der Waals surface area contributed by atoms with Gasteiger partial charge >= 0.3 is 0 Å². The third kappa shape index (κ3) is 2.93. The van der Waals surface area contributed by atoms with E-state index in [1.54, 1.807) is 12.5 Å². The fraction of sp³-hybridized carbons (Fsp3) is 0.182. The van der Waals surface area contributed by atoms with Crippen molar-refractivity contribution < 1.29 is 4.79 Å². The predicted molar refractivity (Wildman–Crippen MR) is 107 cm³/mol. The lowest BCUT2D eigenvalue weighted by molar-refractivity contribution is 0.0733. The molecule has 1 fully saturated rings. The van der Waals surface area contributed by atoms with E-state index < -0.39 is 0 Å². The van der Waals surface area contributed by atoms with E-state index in [-0.39, 0.29) is 11.9 Å². The SMILES string of the molecule is O=C(c1ccc2nc[nH]c2c1)N1CCC[C@H]1c1ccnc(-c2ccccc2)n1. The number of nitrogens with zero attached hydrogens (tertiary/aromatic N) is 4. The molecule has 1 aliphatic heterocycles. The number of fused-ring (bicyclic) bond motifs is 1.